The topological polar surface area (TPSA) is 16.4 Å². The molecular weight excluding hydrogens is 759 g/mol. The zero-order valence-corrected chi connectivity index (χ0v) is 33.9. The van der Waals surface area contributed by atoms with Gasteiger partial charge in [0.05, 0.1) is 0 Å². The van der Waals surface area contributed by atoms with Gasteiger partial charge in [0.2, 0.25) is 0 Å². The van der Waals surface area contributed by atoms with Gasteiger partial charge < -0.3 is 9.32 Å². The third-order valence-corrected chi connectivity index (χ3v) is 13.3. The highest BCUT2D eigenvalue weighted by atomic mass is 32.1. The SMILES string of the molecule is c1cc(-c2cccc(N(c3ccc(-c4cccc5ccccc45)cc3)c3cccc(-c4ccc5oc6ccccc6c5c4)c3)c2)cc(-c2cccc3c2sc2ccccc23)c1. The minimum Gasteiger partial charge on any atom is -0.456 e. The number of rotatable bonds is 7. The quantitative estimate of drug-likeness (QED) is 0.160. The van der Waals surface area contributed by atoms with E-state index in [9.17, 15) is 0 Å². The van der Waals surface area contributed by atoms with E-state index < -0.39 is 0 Å². The lowest BCUT2D eigenvalue weighted by molar-refractivity contribution is 0.669. The van der Waals surface area contributed by atoms with Crippen LogP contribution < -0.4 is 4.90 Å². The van der Waals surface area contributed by atoms with E-state index in [-0.39, 0.29) is 0 Å². The molecule has 61 heavy (non-hydrogen) atoms. The minimum absolute atomic E-state index is 0.899. The third-order valence-electron chi connectivity index (χ3n) is 12.1. The normalized spacial score (nSPS) is 11.6. The second kappa shape index (κ2) is 14.5. The number of para-hydroxylation sites is 1. The molecule has 0 saturated heterocycles. The molecule has 0 bridgehead atoms. The highest BCUT2D eigenvalue weighted by Gasteiger charge is 2.17. The van der Waals surface area contributed by atoms with Crippen molar-refractivity contribution in [1.29, 1.82) is 0 Å². The van der Waals surface area contributed by atoms with Crippen LogP contribution in [0.1, 0.15) is 0 Å². The van der Waals surface area contributed by atoms with Crippen molar-refractivity contribution >= 4 is 81.3 Å². The van der Waals surface area contributed by atoms with Crippen LogP contribution in [0, 0.1) is 0 Å². The van der Waals surface area contributed by atoms with Crippen LogP contribution in [0.4, 0.5) is 17.1 Å². The summed E-state index contributed by atoms with van der Waals surface area (Å²) in [4.78, 5) is 2.38. The van der Waals surface area contributed by atoms with Crippen LogP contribution in [0.3, 0.4) is 0 Å². The lowest BCUT2D eigenvalue weighted by Crippen LogP contribution is -2.10. The molecule has 0 fully saturated rings. The molecule has 2 aromatic heterocycles. The van der Waals surface area contributed by atoms with Gasteiger partial charge in [-0.1, -0.05) is 158 Å². The molecule has 0 N–H and O–H groups in total. The van der Waals surface area contributed by atoms with E-state index in [0.29, 0.717) is 0 Å². The maximum atomic E-state index is 6.19. The van der Waals surface area contributed by atoms with Gasteiger partial charge in [0.1, 0.15) is 11.2 Å². The van der Waals surface area contributed by atoms with Crippen LogP contribution >= 0.6 is 11.3 Å². The summed E-state index contributed by atoms with van der Waals surface area (Å²) in [7, 11) is 0. The summed E-state index contributed by atoms with van der Waals surface area (Å²) < 4.78 is 8.83. The van der Waals surface area contributed by atoms with Gasteiger partial charge in [-0.05, 0) is 122 Å². The van der Waals surface area contributed by atoms with E-state index >= 15 is 0 Å². The van der Waals surface area contributed by atoms with E-state index in [1.54, 1.807) is 0 Å². The maximum Gasteiger partial charge on any atom is 0.135 e. The first-order valence-corrected chi connectivity index (χ1v) is 21.5. The number of benzene rings is 10. The molecule has 0 atom stereocenters. The number of nitrogens with zero attached hydrogens (tertiary/aromatic N) is 1. The fraction of sp³-hybridized carbons (Fsp3) is 0. The standard InChI is InChI=1S/C58H37NOS/c1-2-20-48-38(12-1)13-10-23-49(48)39-28-31-45(32-29-39)59(47-19-9-16-42(36-47)43-30-33-56-54(37-43)51-21-3-5-26-55(51)60-56)46-18-8-15-41(35-46)40-14-7-17-44(34-40)50-24-11-25-53-52-22-4-6-27-57(52)61-58(50)53/h1-37H. The molecule has 0 aliphatic heterocycles. The van der Waals surface area contributed by atoms with Gasteiger partial charge in [-0.2, -0.15) is 0 Å². The van der Waals surface area contributed by atoms with Gasteiger partial charge in [-0.15, -0.1) is 11.3 Å². The van der Waals surface area contributed by atoms with Crippen molar-refractivity contribution in [3.05, 3.63) is 224 Å². The Labute approximate surface area is 357 Å². The van der Waals surface area contributed by atoms with Crippen molar-refractivity contribution in [2.75, 3.05) is 4.90 Å². The zero-order valence-electron chi connectivity index (χ0n) is 33.1. The first-order chi connectivity index (χ1) is 30.2. The molecule has 0 unspecified atom stereocenters. The molecule has 0 amide bonds. The average molecular weight is 796 g/mol. The van der Waals surface area contributed by atoms with E-state index in [2.05, 4.69) is 217 Å². The number of thiophene rings is 1. The maximum absolute atomic E-state index is 6.19. The summed E-state index contributed by atoms with van der Waals surface area (Å²) in [6.07, 6.45) is 0. The predicted octanol–water partition coefficient (Wildman–Crippen LogP) is 17.2. The van der Waals surface area contributed by atoms with E-state index in [4.69, 9.17) is 4.42 Å². The van der Waals surface area contributed by atoms with Crippen molar-refractivity contribution in [3.8, 4) is 44.5 Å². The second-order valence-corrected chi connectivity index (χ2v) is 16.7. The van der Waals surface area contributed by atoms with Gasteiger partial charge in [-0.25, -0.2) is 0 Å². The van der Waals surface area contributed by atoms with Gasteiger partial charge in [0.15, 0.2) is 0 Å². The Balaban J connectivity index is 0.972. The highest BCUT2D eigenvalue weighted by molar-refractivity contribution is 7.26. The number of anilines is 3. The summed E-state index contributed by atoms with van der Waals surface area (Å²) in [5, 5.41) is 7.38. The lowest BCUT2D eigenvalue weighted by Gasteiger charge is -2.27. The van der Waals surface area contributed by atoms with Crippen LogP contribution in [-0.4, -0.2) is 0 Å². The van der Waals surface area contributed by atoms with Crippen molar-refractivity contribution in [1.82, 2.24) is 0 Å². The zero-order chi connectivity index (χ0) is 40.3. The lowest BCUT2D eigenvalue weighted by atomic mass is 9.97. The monoisotopic (exact) mass is 795 g/mol. The van der Waals surface area contributed by atoms with Crippen LogP contribution in [0.5, 0.6) is 0 Å². The molecule has 0 saturated carbocycles. The van der Waals surface area contributed by atoms with Gasteiger partial charge in [-0.3, -0.25) is 0 Å². The number of furan rings is 1. The summed E-state index contributed by atoms with van der Waals surface area (Å²) in [5.74, 6) is 0. The molecule has 286 valence electrons. The molecule has 0 aliphatic carbocycles. The molecule has 0 spiro atoms. The minimum atomic E-state index is 0.899. The van der Waals surface area contributed by atoms with Crippen LogP contribution in [0.25, 0.3) is 97.4 Å². The van der Waals surface area contributed by atoms with Crippen LogP contribution in [0.2, 0.25) is 0 Å². The van der Waals surface area contributed by atoms with Crippen molar-refractivity contribution in [3.63, 3.8) is 0 Å². The molecule has 0 radical (unpaired) electrons. The van der Waals surface area contributed by atoms with E-state index in [1.165, 1.54) is 58.8 Å². The van der Waals surface area contributed by atoms with Crippen LogP contribution in [-0.2, 0) is 0 Å². The Kier molecular flexibility index (Phi) is 8.39. The Morgan fingerprint density at radius 2 is 0.869 bits per heavy atom. The molecule has 2 nitrogen and oxygen atoms in total. The van der Waals surface area contributed by atoms with E-state index in [0.717, 1.165) is 55.7 Å². The summed E-state index contributed by atoms with van der Waals surface area (Å²) in [5.41, 5.74) is 14.6. The Morgan fingerprint density at radius 3 is 1.69 bits per heavy atom. The Hall–Kier alpha value is -7.72. The molecule has 0 aliphatic rings. The molecule has 12 rings (SSSR count). The smallest absolute Gasteiger partial charge is 0.135 e. The molecule has 10 aromatic carbocycles. The largest absolute Gasteiger partial charge is 0.456 e. The number of hydrogen-bond acceptors (Lipinski definition) is 3. The predicted molar refractivity (Wildman–Crippen MR) is 261 cm³/mol. The molecule has 3 heteroatoms. The highest BCUT2D eigenvalue weighted by Crippen LogP contribution is 2.43. The fourth-order valence-electron chi connectivity index (χ4n) is 9.11. The first-order valence-electron chi connectivity index (χ1n) is 20.7. The van der Waals surface area contributed by atoms with Gasteiger partial charge in [0.25, 0.3) is 0 Å². The summed E-state index contributed by atoms with van der Waals surface area (Å²) in [6.45, 7) is 0. The Bertz CT molecular complexity index is 3610. The van der Waals surface area contributed by atoms with Gasteiger partial charge >= 0.3 is 0 Å². The third kappa shape index (κ3) is 6.18. The summed E-state index contributed by atoms with van der Waals surface area (Å²) in [6, 6.07) is 81.3. The number of fused-ring (bicyclic) bond motifs is 7. The summed E-state index contributed by atoms with van der Waals surface area (Å²) >= 11 is 1.88. The first kappa shape index (κ1) is 35.2. The second-order valence-electron chi connectivity index (χ2n) is 15.7. The molecular formula is C58H37NOS. The van der Waals surface area contributed by atoms with E-state index in [1.807, 2.05) is 23.5 Å². The molecule has 12 aromatic rings. The Morgan fingerprint density at radius 1 is 0.311 bits per heavy atom. The van der Waals surface area contributed by atoms with Crippen molar-refractivity contribution in [2.24, 2.45) is 0 Å². The average Bonchev–Trinajstić information content (AvgIpc) is 3.90. The molecule has 2 heterocycles. The number of hydrogen-bond donors (Lipinski definition) is 0. The van der Waals surface area contributed by atoms with Gasteiger partial charge in [0, 0.05) is 48.0 Å². The van der Waals surface area contributed by atoms with Crippen molar-refractivity contribution in [2.45, 2.75) is 0 Å². The van der Waals surface area contributed by atoms with Crippen molar-refractivity contribution < 1.29 is 4.42 Å². The fourth-order valence-corrected chi connectivity index (χ4v) is 10.3. The van der Waals surface area contributed by atoms with Crippen LogP contribution in [0.15, 0.2) is 229 Å².